The van der Waals surface area contributed by atoms with E-state index in [0.29, 0.717) is 5.92 Å². The van der Waals surface area contributed by atoms with Crippen LogP contribution in [0.4, 0.5) is 5.69 Å². The topological polar surface area (TPSA) is 12.0 Å². The summed E-state index contributed by atoms with van der Waals surface area (Å²) < 4.78 is 0. The van der Waals surface area contributed by atoms with Crippen LogP contribution >= 0.6 is 0 Å². The van der Waals surface area contributed by atoms with Gasteiger partial charge in [0.15, 0.2) is 0 Å². The fraction of sp³-hybridized carbons (Fsp3) is 0.538. The number of anilines is 1. The van der Waals surface area contributed by atoms with Gasteiger partial charge in [0.2, 0.25) is 0 Å². The van der Waals surface area contributed by atoms with Gasteiger partial charge in [-0.1, -0.05) is 26.0 Å². The summed E-state index contributed by atoms with van der Waals surface area (Å²) in [5.41, 5.74) is 2.73. The molecule has 1 rings (SSSR count). The second kappa shape index (κ2) is 4.04. The van der Waals surface area contributed by atoms with Crippen LogP contribution in [0.3, 0.4) is 0 Å². The lowest BCUT2D eigenvalue weighted by Gasteiger charge is -2.22. The summed E-state index contributed by atoms with van der Waals surface area (Å²) >= 11 is 0. The highest BCUT2D eigenvalue weighted by Gasteiger charge is 2.08. The molecule has 1 N–H and O–H groups in total. The maximum atomic E-state index is 3.45. The van der Waals surface area contributed by atoms with Gasteiger partial charge in [-0.25, -0.2) is 0 Å². The molecular weight excluding hydrogens is 170 g/mol. The average molecular weight is 191 g/mol. The minimum Gasteiger partial charge on any atom is -0.380 e. The van der Waals surface area contributed by atoms with Gasteiger partial charge in [0.25, 0.3) is 0 Å². The van der Waals surface area contributed by atoms with Gasteiger partial charge in [0.1, 0.15) is 0 Å². The van der Waals surface area contributed by atoms with Gasteiger partial charge in [-0.15, -0.1) is 0 Å². The van der Waals surface area contributed by atoms with Gasteiger partial charge in [-0.3, -0.25) is 0 Å². The van der Waals surface area contributed by atoms with Crippen molar-refractivity contribution in [2.45, 2.75) is 46.1 Å². The lowest BCUT2D eigenvalue weighted by atomic mass is 10.0. The number of benzene rings is 1. The van der Waals surface area contributed by atoms with Crippen LogP contribution in [0.1, 0.15) is 46.1 Å². The summed E-state index contributed by atoms with van der Waals surface area (Å²) in [6, 6.07) is 8.69. The number of rotatable bonds is 2. The van der Waals surface area contributed by atoms with Gasteiger partial charge < -0.3 is 5.32 Å². The maximum absolute atomic E-state index is 3.45. The number of hydrogen-bond donors (Lipinski definition) is 1. The molecule has 0 amide bonds. The van der Waals surface area contributed by atoms with Crippen molar-refractivity contribution in [2.24, 2.45) is 0 Å². The molecular formula is C13H21N. The van der Waals surface area contributed by atoms with Crippen LogP contribution in [0.25, 0.3) is 0 Å². The Labute approximate surface area is 87.5 Å². The Morgan fingerprint density at radius 1 is 1.00 bits per heavy atom. The SMILES string of the molecule is CC(C)c1ccc(NC(C)(C)C)cc1. The molecule has 0 heterocycles. The summed E-state index contributed by atoms with van der Waals surface area (Å²) in [4.78, 5) is 0. The molecule has 0 unspecified atom stereocenters. The first kappa shape index (κ1) is 11.1. The van der Waals surface area contributed by atoms with Crippen molar-refractivity contribution in [3.05, 3.63) is 29.8 Å². The van der Waals surface area contributed by atoms with Crippen molar-refractivity contribution >= 4 is 5.69 Å². The van der Waals surface area contributed by atoms with E-state index >= 15 is 0 Å². The Bertz CT molecular complexity index is 277. The molecule has 1 aromatic carbocycles. The molecule has 14 heavy (non-hydrogen) atoms. The molecule has 0 fully saturated rings. The Morgan fingerprint density at radius 2 is 1.50 bits per heavy atom. The summed E-state index contributed by atoms with van der Waals surface area (Å²) in [5, 5.41) is 3.45. The normalized spacial score (nSPS) is 11.9. The monoisotopic (exact) mass is 191 g/mol. The van der Waals surface area contributed by atoms with Gasteiger partial charge >= 0.3 is 0 Å². The number of nitrogens with one attached hydrogen (secondary N) is 1. The quantitative estimate of drug-likeness (QED) is 0.744. The highest BCUT2D eigenvalue weighted by atomic mass is 14.9. The van der Waals surface area contributed by atoms with Gasteiger partial charge in [0, 0.05) is 11.2 Å². The summed E-state index contributed by atoms with van der Waals surface area (Å²) in [6.45, 7) is 10.9. The molecule has 0 atom stereocenters. The van der Waals surface area contributed by atoms with Crippen molar-refractivity contribution in [2.75, 3.05) is 5.32 Å². The molecule has 0 aromatic heterocycles. The minimum absolute atomic E-state index is 0.138. The van der Waals surface area contributed by atoms with Crippen molar-refractivity contribution in [1.29, 1.82) is 0 Å². The molecule has 0 aliphatic rings. The van der Waals surface area contributed by atoms with Crippen molar-refractivity contribution < 1.29 is 0 Å². The third-order valence-electron chi connectivity index (χ3n) is 2.10. The summed E-state index contributed by atoms with van der Waals surface area (Å²) in [5.74, 6) is 0.610. The Hall–Kier alpha value is -0.980. The molecule has 0 radical (unpaired) electrons. The fourth-order valence-corrected chi connectivity index (χ4v) is 1.38. The van der Waals surface area contributed by atoms with Crippen LogP contribution in [0, 0.1) is 0 Å². The first-order valence-corrected chi connectivity index (χ1v) is 5.26. The molecule has 0 aliphatic heterocycles. The zero-order valence-electron chi connectivity index (χ0n) is 9.89. The molecule has 0 aliphatic carbocycles. The summed E-state index contributed by atoms with van der Waals surface area (Å²) in [7, 11) is 0. The van der Waals surface area contributed by atoms with Crippen LogP contribution in [-0.2, 0) is 0 Å². The highest BCUT2D eigenvalue weighted by Crippen LogP contribution is 2.19. The second-order valence-corrected chi connectivity index (χ2v) is 5.15. The van der Waals surface area contributed by atoms with E-state index in [4.69, 9.17) is 0 Å². The number of hydrogen-bond acceptors (Lipinski definition) is 1. The van der Waals surface area contributed by atoms with E-state index < -0.39 is 0 Å². The second-order valence-electron chi connectivity index (χ2n) is 5.15. The highest BCUT2D eigenvalue weighted by molar-refractivity contribution is 5.46. The predicted octanol–water partition coefficient (Wildman–Crippen LogP) is 4.02. The maximum Gasteiger partial charge on any atom is 0.0344 e. The average Bonchev–Trinajstić information content (AvgIpc) is 2.02. The van der Waals surface area contributed by atoms with E-state index in [1.807, 2.05) is 0 Å². The van der Waals surface area contributed by atoms with Crippen molar-refractivity contribution in [3.8, 4) is 0 Å². The van der Waals surface area contributed by atoms with E-state index in [1.165, 1.54) is 11.3 Å². The lowest BCUT2D eigenvalue weighted by molar-refractivity contribution is 0.634. The zero-order chi connectivity index (χ0) is 10.8. The Kier molecular flexibility index (Phi) is 3.20. The van der Waals surface area contributed by atoms with Gasteiger partial charge in [0.05, 0.1) is 0 Å². The van der Waals surface area contributed by atoms with Crippen molar-refractivity contribution in [1.82, 2.24) is 0 Å². The Balaban J connectivity index is 2.74. The van der Waals surface area contributed by atoms with E-state index in [0.717, 1.165) is 0 Å². The summed E-state index contributed by atoms with van der Waals surface area (Å²) in [6.07, 6.45) is 0. The van der Waals surface area contributed by atoms with Crippen LogP contribution in [0.5, 0.6) is 0 Å². The van der Waals surface area contributed by atoms with E-state index in [2.05, 4.69) is 64.2 Å². The van der Waals surface area contributed by atoms with Crippen molar-refractivity contribution in [3.63, 3.8) is 0 Å². The standard InChI is InChI=1S/C13H21N/c1-10(2)11-6-8-12(9-7-11)14-13(3,4)5/h6-10,14H,1-5H3. The molecule has 0 saturated carbocycles. The molecule has 0 bridgehead atoms. The van der Waals surface area contributed by atoms with E-state index in [1.54, 1.807) is 0 Å². The lowest BCUT2D eigenvalue weighted by Crippen LogP contribution is -2.25. The van der Waals surface area contributed by atoms with Gasteiger partial charge in [-0.2, -0.15) is 0 Å². The van der Waals surface area contributed by atoms with Crippen LogP contribution in [0.2, 0.25) is 0 Å². The van der Waals surface area contributed by atoms with Crippen LogP contribution in [0.15, 0.2) is 24.3 Å². The molecule has 1 aromatic rings. The zero-order valence-corrected chi connectivity index (χ0v) is 9.89. The van der Waals surface area contributed by atoms with Crippen LogP contribution < -0.4 is 5.32 Å². The molecule has 1 nitrogen and oxygen atoms in total. The van der Waals surface area contributed by atoms with Crippen LogP contribution in [-0.4, -0.2) is 5.54 Å². The predicted molar refractivity (Wildman–Crippen MR) is 63.9 cm³/mol. The third kappa shape index (κ3) is 3.41. The largest absolute Gasteiger partial charge is 0.380 e. The Morgan fingerprint density at radius 3 is 1.86 bits per heavy atom. The smallest absolute Gasteiger partial charge is 0.0344 e. The van der Waals surface area contributed by atoms with Gasteiger partial charge in [-0.05, 0) is 44.4 Å². The molecule has 78 valence electrons. The first-order chi connectivity index (χ1) is 6.38. The minimum atomic E-state index is 0.138. The van der Waals surface area contributed by atoms with E-state index in [-0.39, 0.29) is 5.54 Å². The van der Waals surface area contributed by atoms with E-state index in [9.17, 15) is 0 Å². The third-order valence-corrected chi connectivity index (χ3v) is 2.10. The molecule has 1 heteroatoms. The molecule has 0 saturated heterocycles. The first-order valence-electron chi connectivity index (χ1n) is 5.26. The molecule has 0 spiro atoms. The fourth-order valence-electron chi connectivity index (χ4n) is 1.38.